The van der Waals surface area contributed by atoms with Gasteiger partial charge in [0.25, 0.3) is 0 Å². The molecule has 1 aromatic rings. The third-order valence-electron chi connectivity index (χ3n) is 3.97. The van der Waals surface area contributed by atoms with Crippen LogP contribution in [0.15, 0.2) is 29.2 Å². The molecule has 1 aromatic carbocycles. The molecular formula is C16H23NO4S. The predicted octanol–water partition coefficient (Wildman–Crippen LogP) is 2.62. The van der Waals surface area contributed by atoms with E-state index >= 15 is 0 Å². The van der Waals surface area contributed by atoms with E-state index in [1.54, 1.807) is 12.1 Å². The molecule has 122 valence electrons. The van der Waals surface area contributed by atoms with E-state index in [2.05, 4.69) is 5.32 Å². The van der Waals surface area contributed by atoms with Gasteiger partial charge in [-0.25, -0.2) is 8.42 Å². The van der Waals surface area contributed by atoms with E-state index in [-0.39, 0.29) is 28.6 Å². The van der Waals surface area contributed by atoms with Crippen molar-refractivity contribution in [2.75, 3.05) is 17.7 Å². The molecule has 0 aliphatic carbocycles. The van der Waals surface area contributed by atoms with Crippen LogP contribution in [0.5, 0.6) is 0 Å². The first-order chi connectivity index (χ1) is 10.4. The molecule has 2 atom stereocenters. The van der Waals surface area contributed by atoms with Crippen molar-refractivity contribution in [3.63, 3.8) is 0 Å². The Morgan fingerprint density at radius 3 is 2.59 bits per heavy atom. The predicted molar refractivity (Wildman–Crippen MR) is 85.6 cm³/mol. The average Bonchev–Trinajstić information content (AvgIpc) is 2.99. The highest BCUT2D eigenvalue weighted by molar-refractivity contribution is 7.91. The van der Waals surface area contributed by atoms with Crippen molar-refractivity contribution in [2.24, 2.45) is 5.92 Å². The van der Waals surface area contributed by atoms with Crippen molar-refractivity contribution >= 4 is 21.4 Å². The zero-order valence-corrected chi connectivity index (χ0v) is 13.9. The highest BCUT2D eigenvalue weighted by Crippen LogP contribution is 2.21. The first-order valence-corrected chi connectivity index (χ1v) is 9.33. The summed E-state index contributed by atoms with van der Waals surface area (Å²) >= 11 is 0. The molecule has 1 amide bonds. The van der Waals surface area contributed by atoms with Crippen molar-refractivity contribution in [1.82, 2.24) is 0 Å². The average molecular weight is 325 g/mol. The normalized spacial score (nSPS) is 19.8. The van der Waals surface area contributed by atoms with E-state index in [1.165, 1.54) is 12.1 Å². The molecule has 0 bridgehead atoms. The number of ether oxygens (including phenoxy) is 1. The molecule has 5 nitrogen and oxygen atoms in total. The van der Waals surface area contributed by atoms with Gasteiger partial charge in [0.15, 0.2) is 9.84 Å². The number of rotatable bonds is 6. The summed E-state index contributed by atoms with van der Waals surface area (Å²) in [7, 11) is -3.35. The lowest BCUT2D eigenvalue weighted by molar-refractivity contribution is -0.119. The summed E-state index contributed by atoms with van der Waals surface area (Å²) in [5.41, 5.74) is 0.612. The highest BCUT2D eigenvalue weighted by Gasteiger charge is 2.24. The number of benzene rings is 1. The number of carbonyl (C=O) groups excluding carboxylic acids is 1. The summed E-state index contributed by atoms with van der Waals surface area (Å²) in [5, 5.41) is 2.79. The molecule has 0 radical (unpaired) electrons. The van der Waals surface area contributed by atoms with Crippen molar-refractivity contribution < 1.29 is 17.9 Å². The maximum atomic E-state index is 12.3. The van der Waals surface area contributed by atoms with Gasteiger partial charge in [0.2, 0.25) is 5.91 Å². The molecule has 1 N–H and O–H groups in total. The Labute approximate surface area is 132 Å². The van der Waals surface area contributed by atoms with Crippen LogP contribution in [0.4, 0.5) is 5.69 Å². The summed E-state index contributed by atoms with van der Waals surface area (Å²) < 4.78 is 30.0. The highest BCUT2D eigenvalue weighted by atomic mass is 32.2. The Morgan fingerprint density at radius 2 is 2.05 bits per heavy atom. The first kappa shape index (κ1) is 17.0. The van der Waals surface area contributed by atoms with Crippen LogP contribution in [0.1, 0.15) is 33.1 Å². The summed E-state index contributed by atoms with van der Waals surface area (Å²) in [5.74, 6) is -0.105. The van der Waals surface area contributed by atoms with E-state index in [4.69, 9.17) is 4.74 Å². The Morgan fingerprint density at radius 1 is 1.36 bits per heavy atom. The number of nitrogens with one attached hydrogen (secondary N) is 1. The van der Waals surface area contributed by atoms with Gasteiger partial charge in [-0.05, 0) is 43.5 Å². The third kappa shape index (κ3) is 4.30. The zero-order valence-electron chi connectivity index (χ0n) is 13.0. The van der Waals surface area contributed by atoms with Crippen LogP contribution in [0.3, 0.4) is 0 Å². The number of sulfone groups is 1. The standard InChI is InChI=1S/C16H23NO4S/c1-3-12(2)16(18)17-13-6-8-15(9-7-13)22(19,20)11-14-5-4-10-21-14/h6-9,12,14H,3-5,10-11H2,1-2H3,(H,17,18)/t12-,14+/m0/s1. The fraction of sp³-hybridized carbons (Fsp3) is 0.562. The Balaban J connectivity index is 2.03. The number of anilines is 1. The number of amides is 1. The van der Waals surface area contributed by atoms with Crippen molar-refractivity contribution in [3.05, 3.63) is 24.3 Å². The summed E-state index contributed by atoms with van der Waals surface area (Å²) in [6, 6.07) is 6.33. The molecule has 0 unspecified atom stereocenters. The molecule has 1 aliphatic heterocycles. The minimum Gasteiger partial charge on any atom is -0.377 e. The van der Waals surface area contributed by atoms with Gasteiger partial charge in [0.05, 0.1) is 16.8 Å². The van der Waals surface area contributed by atoms with Gasteiger partial charge in [0.1, 0.15) is 0 Å². The smallest absolute Gasteiger partial charge is 0.227 e. The van der Waals surface area contributed by atoms with Gasteiger partial charge >= 0.3 is 0 Å². The first-order valence-electron chi connectivity index (χ1n) is 7.67. The van der Waals surface area contributed by atoms with Crippen LogP contribution < -0.4 is 5.32 Å². The molecule has 0 aromatic heterocycles. The van der Waals surface area contributed by atoms with Gasteiger partial charge in [0, 0.05) is 18.2 Å². The molecule has 0 spiro atoms. The Bertz CT molecular complexity index is 604. The summed E-state index contributed by atoms with van der Waals surface area (Å²) in [6.45, 7) is 4.45. The lowest BCUT2D eigenvalue weighted by Crippen LogP contribution is -2.21. The molecule has 1 fully saturated rings. The van der Waals surface area contributed by atoms with Crippen LogP contribution >= 0.6 is 0 Å². The lowest BCUT2D eigenvalue weighted by Gasteiger charge is -2.12. The fourth-order valence-corrected chi connectivity index (χ4v) is 3.81. The third-order valence-corrected chi connectivity index (χ3v) is 5.77. The van der Waals surface area contributed by atoms with Gasteiger partial charge in [-0.15, -0.1) is 0 Å². The van der Waals surface area contributed by atoms with Crippen LogP contribution in [0, 0.1) is 5.92 Å². The van der Waals surface area contributed by atoms with Crippen molar-refractivity contribution in [2.45, 2.75) is 44.1 Å². The molecule has 1 heterocycles. The van der Waals surface area contributed by atoms with Gasteiger partial charge < -0.3 is 10.1 Å². The zero-order chi connectivity index (χ0) is 16.2. The van der Waals surface area contributed by atoms with Crippen molar-refractivity contribution in [1.29, 1.82) is 0 Å². The number of hydrogen-bond donors (Lipinski definition) is 1. The lowest BCUT2D eigenvalue weighted by atomic mass is 10.1. The number of carbonyl (C=O) groups is 1. The summed E-state index contributed by atoms with van der Waals surface area (Å²) in [4.78, 5) is 12.1. The minimum absolute atomic E-state index is 0.0194. The second-order valence-electron chi connectivity index (χ2n) is 5.74. The molecule has 0 saturated carbocycles. The van der Waals surface area contributed by atoms with Gasteiger partial charge in [-0.2, -0.15) is 0 Å². The quantitative estimate of drug-likeness (QED) is 0.872. The van der Waals surface area contributed by atoms with E-state index in [1.807, 2.05) is 13.8 Å². The van der Waals surface area contributed by atoms with Gasteiger partial charge in [-0.1, -0.05) is 13.8 Å². The largest absolute Gasteiger partial charge is 0.377 e. The second kappa shape index (κ2) is 7.24. The van der Waals surface area contributed by atoms with Crippen LogP contribution in [-0.4, -0.2) is 32.8 Å². The maximum absolute atomic E-state index is 12.3. The van der Waals surface area contributed by atoms with Crippen LogP contribution in [0.25, 0.3) is 0 Å². The minimum atomic E-state index is -3.35. The molecule has 22 heavy (non-hydrogen) atoms. The molecule has 1 aliphatic rings. The fourth-order valence-electron chi connectivity index (χ4n) is 2.31. The monoisotopic (exact) mass is 325 g/mol. The van der Waals surface area contributed by atoms with E-state index in [9.17, 15) is 13.2 Å². The molecule has 6 heteroatoms. The molecule has 2 rings (SSSR count). The van der Waals surface area contributed by atoms with Crippen molar-refractivity contribution in [3.8, 4) is 0 Å². The molecule has 1 saturated heterocycles. The second-order valence-corrected chi connectivity index (χ2v) is 7.77. The Hall–Kier alpha value is -1.40. The van der Waals surface area contributed by atoms with Crippen LogP contribution in [0.2, 0.25) is 0 Å². The van der Waals surface area contributed by atoms with E-state index < -0.39 is 9.84 Å². The van der Waals surface area contributed by atoms with E-state index in [0.717, 1.165) is 19.3 Å². The van der Waals surface area contributed by atoms with Gasteiger partial charge in [-0.3, -0.25) is 4.79 Å². The number of hydrogen-bond acceptors (Lipinski definition) is 4. The topological polar surface area (TPSA) is 72.5 Å². The Kier molecular flexibility index (Phi) is 5.58. The summed E-state index contributed by atoms with van der Waals surface area (Å²) in [6.07, 6.45) is 2.28. The maximum Gasteiger partial charge on any atom is 0.227 e. The van der Waals surface area contributed by atoms with E-state index in [0.29, 0.717) is 12.3 Å². The molecular weight excluding hydrogens is 302 g/mol. The SMILES string of the molecule is CC[C@H](C)C(=O)Nc1ccc(S(=O)(=O)C[C@H]2CCCO2)cc1. The van der Waals surface area contributed by atoms with Crippen LogP contribution in [-0.2, 0) is 19.4 Å².